The van der Waals surface area contributed by atoms with Gasteiger partial charge in [-0.1, -0.05) is 23.2 Å². The largest absolute Gasteiger partial charge is 0.417 e. The molecule has 0 radical (unpaired) electrons. The van der Waals surface area contributed by atoms with Gasteiger partial charge in [0.2, 0.25) is 0 Å². The van der Waals surface area contributed by atoms with Gasteiger partial charge in [0.05, 0.1) is 16.3 Å². The summed E-state index contributed by atoms with van der Waals surface area (Å²) in [7, 11) is 0. The number of imidazole rings is 1. The van der Waals surface area contributed by atoms with E-state index in [2.05, 4.69) is 25.6 Å². The Hall–Kier alpha value is -3.30. The molecule has 0 amide bonds. The first-order chi connectivity index (χ1) is 15.8. The number of H-pyrrole nitrogens is 1. The maximum absolute atomic E-state index is 12.6. The zero-order chi connectivity index (χ0) is 23.4. The van der Waals surface area contributed by atoms with E-state index in [0.29, 0.717) is 51.9 Å². The van der Waals surface area contributed by atoms with Crippen LogP contribution in [0.15, 0.2) is 61.1 Å². The molecule has 0 spiro atoms. The van der Waals surface area contributed by atoms with Crippen molar-refractivity contribution in [3.8, 4) is 22.6 Å². The molecular formula is C22H17Cl2F3N6. The topological polar surface area (TPSA) is 78.5 Å². The van der Waals surface area contributed by atoms with Crippen LogP contribution >= 0.6 is 23.2 Å². The van der Waals surface area contributed by atoms with Gasteiger partial charge in [0.1, 0.15) is 17.5 Å². The second-order valence-corrected chi connectivity index (χ2v) is 7.78. The first-order valence-electron chi connectivity index (χ1n) is 9.78. The van der Waals surface area contributed by atoms with Gasteiger partial charge in [0.15, 0.2) is 0 Å². The summed E-state index contributed by atoms with van der Waals surface area (Å²) in [4.78, 5) is 15.9. The van der Waals surface area contributed by atoms with E-state index in [1.165, 1.54) is 6.07 Å². The SMILES string of the molecule is FC(F)(F)c1ccc(NCCNc2ccc(-c3ncc[nH]3)c(-c3ccc(Cl)cc3Cl)n2)nc1. The van der Waals surface area contributed by atoms with Crippen molar-refractivity contribution in [3.63, 3.8) is 0 Å². The summed E-state index contributed by atoms with van der Waals surface area (Å²) in [6.07, 6.45) is -0.247. The van der Waals surface area contributed by atoms with Crippen molar-refractivity contribution in [3.05, 3.63) is 76.7 Å². The lowest BCUT2D eigenvalue weighted by Gasteiger charge is -2.13. The number of hydrogen-bond acceptors (Lipinski definition) is 5. The summed E-state index contributed by atoms with van der Waals surface area (Å²) in [5.41, 5.74) is 1.29. The molecule has 4 rings (SSSR count). The summed E-state index contributed by atoms with van der Waals surface area (Å²) in [5.74, 6) is 1.58. The van der Waals surface area contributed by atoms with Crippen molar-refractivity contribution < 1.29 is 13.2 Å². The van der Waals surface area contributed by atoms with Crippen LogP contribution in [-0.2, 0) is 6.18 Å². The lowest BCUT2D eigenvalue weighted by atomic mass is 10.0. The van der Waals surface area contributed by atoms with Crippen molar-refractivity contribution >= 4 is 34.8 Å². The van der Waals surface area contributed by atoms with Gasteiger partial charge in [-0.15, -0.1) is 0 Å². The Balaban J connectivity index is 1.47. The predicted molar refractivity (Wildman–Crippen MR) is 123 cm³/mol. The molecule has 170 valence electrons. The molecule has 0 aliphatic rings. The molecule has 6 nitrogen and oxygen atoms in total. The number of aromatic amines is 1. The summed E-state index contributed by atoms with van der Waals surface area (Å²) < 4.78 is 37.9. The lowest BCUT2D eigenvalue weighted by molar-refractivity contribution is -0.137. The molecule has 33 heavy (non-hydrogen) atoms. The van der Waals surface area contributed by atoms with Crippen LogP contribution in [0.2, 0.25) is 10.0 Å². The minimum atomic E-state index is -4.41. The molecule has 11 heteroatoms. The number of alkyl halides is 3. The second-order valence-electron chi connectivity index (χ2n) is 6.94. The standard InChI is InChI=1S/C22H17Cl2F3N6/c23-14-2-3-15(17(24)11-14)20-16(21-30-9-10-31-21)4-6-19(33-20)29-8-7-28-18-5-1-13(12-32-18)22(25,26)27/h1-6,9-12H,7-8H2,(H,28,32)(H,29,33)(H,30,31). The van der Waals surface area contributed by atoms with E-state index in [0.717, 1.165) is 17.8 Å². The van der Waals surface area contributed by atoms with E-state index in [4.69, 9.17) is 28.2 Å². The predicted octanol–water partition coefficient (Wildman–Crippen LogP) is 6.38. The number of rotatable bonds is 7. The Kier molecular flexibility index (Phi) is 6.71. The molecule has 0 saturated heterocycles. The Labute approximate surface area is 197 Å². The van der Waals surface area contributed by atoms with E-state index in [9.17, 15) is 13.2 Å². The van der Waals surface area contributed by atoms with Crippen LogP contribution in [0.4, 0.5) is 24.8 Å². The average molecular weight is 493 g/mol. The highest BCUT2D eigenvalue weighted by molar-refractivity contribution is 6.36. The molecule has 0 bridgehead atoms. The minimum absolute atomic E-state index is 0.347. The first kappa shape index (κ1) is 22.9. The maximum Gasteiger partial charge on any atom is 0.417 e. The molecule has 0 aliphatic carbocycles. The van der Waals surface area contributed by atoms with Crippen LogP contribution in [0.3, 0.4) is 0 Å². The molecule has 0 fully saturated rings. The van der Waals surface area contributed by atoms with E-state index in [-0.39, 0.29) is 0 Å². The fourth-order valence-electron chi connectivity index (χ4n) is 3.10. The van der Waals surface area contributed by atoms with Crippen LogP contribution in [0, 0.1) is 0 Å². The van der Waals surface area contributed by atoms with Crippen LogP contribution in [0.5, 0.6) is 0 Å². The third-order valence-electron chi connectivity index (χ3n) is 4.66. The van der Waals surface area contributed by atoms with Gasteiger partial charge in [-0.25, -0.2) is 15.0 Å². The Morgan fingerprint density at radius 3 is 2.24 bits per heavy atom. The lowest BCUT2D eigenvalue weighted by Crippen LogP contribution is -2.15. The smallest absolute Gasteiger partial charge is 0.368 e. The van der Waals surface area contributed by atoms with E-state index in [1.807, 2.05) is 12.1 Å². The highest BCUT2D eigenvalue weighted by Gasteiger charge is 2.30. The molecule has 3 heterocycles. The van der Waals surface area contributed by atoms with Gasteiger partial charge >= 0.3 is 6.18 Å². The highest BCUT2D eigenvalue weighted by Crippen LogP contribution is 2.35. The summed E-state index contributed by atoms with van der Waals surface area (Å²) in [5, 5.41) is 7.12. The summed E-state index contributed by atoms with van der Waals surface area (Å²) in [6, 6.07) is 11.1. The third kappa shape index (κ3) is 5.55. The highest BCUT2D eigenvalue weighted by atomic mass is 35.5. The van der Waals surface area contributed by atoms with E-state index in [1.54, 1.807) is 30.6 Å². The summed E-state index contributed by atoms with van der Waals surface area (Å²) >= 11 is 12.5. The van der Waals surface area contributed by atoms with Crippen molar-refractivity contribution in [1.29, 1.82) is 0 Å². The molecule has 0 aliphatic heterocycles. The average Bonchev–Trinajstić information content (AvgIpc) is 3.31. The van der Waals surface area contributed by atoms with E-state index >= 15 is 0 Å². The Morgan fingerprint density at radius 1 is 0.879 bits per heavy atom. The maximum atomic E-state index is 12.6. The number of hydrogen-bond donors (Lipinski definition) is 3. The van der Waals surface area contributed by atoms with Gasteiger partial charge in [-0.2, -0.15) is 13.2 Å². The number of nitrogens with zero attached hydrogens (tertiary/aromatic N) is 3. The molecule has 0 unspecified atom stereocenters. The summed E-state index contributed by atoms with van der Waals surface area (Å²) in [6.45, 7) is 0.862. The number of halogens is 5. The van der Waals surface area contributed by atoms with Gasteiger partial charge < -0.3 is 15.6 Å². The number of aromatic nitrogens is 4. The van der Waals surface area contributed by atoms with Gasteiger partial charge in [0, 0.05) is 47.8 Å². The van der Waals surface area contributed by atoms with Crippen molar-refractivity contribution in [2.24, 2.45) is 0 Å². The minimum Gasteiger partial charge on any atom is -0.368 e. The Morgan fingerprint density at radius 2 is 1.61 bits per heavy atom. The van der Waals surface area contributed by atoms with Crippen LogP contribution in [-0.4, -0.2) is 33.0 Å². The molecule has 0 atom stereocenters. The molecule has 4 aromatic rings. The monoisotopic (exact) mass is 492 g/mol. The third-order valence-corrected chi connectivity index (χ3v) is 5.21. The van der Waals surface area contributed by atoms with Crippen LogP contribution in [0.1, 0.15) is 5.56 Å². The fraction of sp³-hybridized carbons (Fsp3) is 0.136. The number of anilines is 2. The number of pyridine rings is 2. The molecular weight excluding hydrogens is 476 g/mol. The quantitative estimate of drug-likeness (QED) is 0.260. The van der Waals surface area contributed by atoms with Crippen LogP contribution < -0.4 is 10.6 Å². The zero-order valence-corrected chi connectivity index (χ0v) is 18.4. The molecule has 3 N–H and O–H groups in total. The Bertz CT molecular complexity index is 1230. The number of nitrogens with one attached hydrogen (secondary N) is 3. The van der Waals surface area contributed by atoms with Gasteiger partial charge in [-0.05, 0) is 42.5 Å². The molecule has 0 saturated carbocycles. The molecule has 1 aromatic carbocycles. The van der Waals surface area contributed by atoms with Crippen molar-refractivity contribution in [1.82, 2.24) is 19.9 Å². The zero-order valence-electron chi connectivity index (χ0n) is 16.9. The van der Waals surface area contributed by atoms with E-state index < -0.39 is 11.7 Å². The van der Waals surface area contributed by atoms with Crippen molar-refractivity contribution in [2.75, 3.05) is 23.7 Å². The fourth-order valence-corrected chi connectivity index (χ4v) is 3.59. The van der Waals surface area contributed by atoms with Crippen LogP contribution in [0.25, 0.3) is 22.6 Å². The normalized spacial score (nSPS) is 11.4. The second kappa shape index (κ2) is 9.68. The number of benzene rings is 1. The van der Waals surface area contributed by atoms with Gasteiger partial charge in [-0.3, -0.25) is 0 Å². The molecule has 3 aromatic heterocycles. The van der Waals surface area contributed by atoms with Gasteiger partial charge in [0.25, 0.3) is 0 Å². The first-order valence-corrected chi connectivity index (χ1v) is 10.5. The van der Waals surface area contributed by atoms with Crippen molar-refractivity contribution in [2.45, 2.75) is 6.18 Å².